The summed E-state index contributed by atoms with van der Waals surface area (Å²) in [6, 6.07) is 0.114. The number of carbonyl (C=O) groups is 1. The van der Waals surface area contributed by atoms with E-state index in [4.69, 9.17) is 10.5 Å². The second-order valence-corrected chi connectivity index (χ2v) is 4.62. The minimum absolute atomic E-state index is 0.0532. The van der Waals surface area contributed by atoms with Crippen LogP contribution in [0.25, 0.3) is 0 Å². The number of nitrogens with one attached hydrogen (secondary N) is 1. The first-order valence-corrected chi connectivity index (χ1v) is 5.46. The topological polar surface area (TPSA) is 64.3 Å². The summed E-state index contributed by atoms with van der Waals surface area (Å²) in [5.74, 6) is 0.0532. The lowest BCUT2D eigenvalue weighted by Crippen LogP contribution is -2.39. The molecule has 1 unspecified atom stereocenters. The summed E-state index contributed by atoms with van der Waals surface area (Å²) < 4.78 is 5.00. The molecular weight excluding hydrogens is 192 g/mol. The normalized spacial score (nSPS) is 13.7. The van der Waals surface area contributed by atoms with Crippen LogP contribution in [0.2, 0.25) is 0 Å². The van der Waals surface area contributed by atoms with Crippen molar-refractivity contribution in [1.82, 2.24) is 5.32 Å². The van der Waals surface area contributed by atoms with E-state index in [1.54, 1.807) is 7.11 Å². The number of amides is 1. The first-order chi connectivity index (χ1) is 6.89. The van der Waals surface area contributed by atoms with Gasteiger partial charge in [-0.1, -0.05) is 6.92 Å². The third-order valence-corrected chi connectivity index (χ3v) is 2.22. The van der Waals surface area contributed by atoms with Crippen molar-refractivity contribution < 1.29 is 9.53 Å². The van der Waals surface area contributed by atoms with Gasteiger partial charge in [0.2, 0.25) is 5.91 Å². The summed E-state index contributed by atoms with van der Waals surface area (Å²) in [4.78, 5) is 11.5. The number of nitrogens with two attached hydrogens (primary N) is 1. The predicted molar refractivity (Wildman–Crippen MR) is 61.6 cm³/mol. The second-order valence-electron chi connectivity index (χ2n) is 4.62. The van der Waals surface area contributed by atoms with Crippen LogP contribution >= 0.6 is 0 Å². The van der Waals surface area contributed by atoms with Gasteiger partial charge in [-0.2, -0.15) is 0 Å². The van der Waals surface area contributed by atoms with Crippen molar-refractivity contribution in [3.8, 4) is 0 Å². The summed E-state index contributed by atoms with van der Waals surface area (Å²) in [7, 11) is 1.64. The zero-order valence-electron chi connectivity index (χ0n) is 10.3. The SMILES string of the molecule is CCC(COC)NC(=O)CCC(C)(C)N. The van der Waals surface area contributed by atoms with E-state index in [-0.39, 0.29) is 17.5 Å². The fraction of sp³-hybridized carbons (Fsp3) is 0.909. The zero-order valence-corrected chi connectivity index (χ0v) is 10.3. The molecule has 0 aliphatic carbocycles. The van der Waals surface area contributed by atoms with Gasteiger partial charge in [0.1, 0.15) is 0 Å². The minimum Gasteiger partial charge on any atom is -0.383 e. The molecule has 0 radical (unpaired) electrons. The lowest BCUT2D eigenvalue weighted by Gasteiger charge is -2.20. The molecule has 0 saturated heterocycles. The Balaban J connectivity index is 3.81. The molecule has 0 aromatic heterocycles. The fourth-order valence-corrected chi connectivity index (χ4v) is 1.20. The van der Waals surface area contributed by atoms with Crippen LogP contribution < -0.4 is 11.1 Å². The Morgan fingerprint density at radius 1 is 1.53 bits per heavy atom. The van der Waals surface area contributed by atoms with E-state index in [0.717, 1.165) is 6.42 Å². The zero-order chi connectivity index (χ0) is 11.9. The molecule has 0 spiro atoms. The van der Waals surface area contributed by atoms with Gasteiger partial charge >= 0.3 is 0 Å². The largest absolute Gasteiger partial charge is 0.383 e. The maximum atomic E-state index is 11.5. The number of methoxy groups -OCH3 is 1. The maximum Gasteiger partial charge on any atom is 0.220 e. The summed E-state index contributed by atoms with van der Waals surface area (Å²) in [6.07, 6.45) is 2.05. The van der Waals surface area contributed by atoms with Crippen LogP contribution in [-0.2, 0) is 9.53 Å². The molecule has 0 heterocycles. The van der Waals surface area contributed by atoms with Crippen LogP contribution in [0.15, 0.2) is 0 Å². The molecule has 0 rings (SSSR count). The Morgan fingerprint density at radius 2 is 2.13 bits per heavy atom. The summed E-state index contributed by atoms with van der Waals surface area (Å²) in [6.45, 7) is 6.44. The van der Waals surface area contributed by atoms with Crippen LogP contribution in [0.5, 0.6) is 0 Å². The Kier molecular flexibility index (Phi) is 6.52. The molecule has 0 aliphatic heterocycles. The fourth-order valence-electron chi connectivity index (χ4n) is 1.20. The Hall–Kier alpha value is -0.610. The van der Waals surface area contributed by atoms with Crippen LogP contribution in [0.1, 0.15) is 40.0 Å². The number of ether oxygens (including phenoxy) is 1. The van der Waals surface area contributed by atoms with Gasteiger partial charge in [-0.25, -0.2) is 0 Å². The molecule has 0 aromatic carbocycles. The summed E-state index contributed by atoms with van der Waals surface area (Å²) >= 11 is 0. The van der Waals surface area contributed by atoms with Crippen molar-refractivity contribution in [2.24, 2.45) is 5.73 Å². The average molecular weight is 216 g/mol. The highest BCUT2D eigenvalue weighted by Crippen LogP contribution is 2.06. The third-order valence-electron chi connectivity index (χ3n) is 2.22. The van der Waals surface area contributed by atoms with Gasteiger partial charge in [-0.15, -0.1) is 0 Å². The Morgan fingerprint density at radius 3 is 2.53 bits per heavy atom. The van der Waals surface area contributed by atoms with Crippen LogP contribution in [0.4, 0.5) is 0 Å². The molecule has 1 amide bonds. The van der Waals surface area contributed by atoms with E-state index in [0.29, 0.717) is 19.4 Å². The van der Waals surface area contributed by atoms with E-state index in [1.807, 2.05) is 20.8 Å². The average Bonchev–Trinajstić information content (AvgIpc) is 2.13. The molecule has 3 N–H and O–H groups in total. The highest BCUT2D eigenvalue weighted by Gasteiger charge is 2.15. The standard InChI is InChI=1S/C11H24N2O2/c1-5-9(8-15-4)13-10(14)6-7-11(2,3)12/h9H,5-8,12H2,1-4H3,(H,13,14). The number of carbonyl (C=O) groups excluding carboxylic acids is 1. The lowest BCUT2D eigenvalue weighted by atomic mass is 10.00. The highest BCUT2D eigenvalue weighted by atomic mass is 16.5. The molecule has 15 heavy (non-hydrogen) atoms. The van der Waals surface area contributed by atoms with Crippen molar-refractivity contribution in [2.75, 3.05) is 13.7 Å². The van der Waals surface area contributed by atoms with Gasteiger partial charge in [0, 0.05) is 19.1 Å². The molecule has 90 valence electrons. The van der Waals surface area contributed by atoms with Crippen LogP contribution in [0, 0.1) is 0 Å². The van der Waals surface area contributed by atoms with E-state index in [9.17, 15) is 4.79 Å². The van der Waals surface area contributed by atoms with E-state index < -0.39 is 0 Å². The van der Waals surface area contributed by atoms with Crippen molar-refractivity contribution in [1.29, 1.82) is 0 Å². The number of hydrogen-bond acceptors (Lipinski definition) is 3. The van der Waals surface area contributed by atoms with Crippen molar-refractivity contribution in [3.63, 3.8) is 0 Å². The van der Waals surface area contributed by atoms with Gasteiger partial charge in [0.15, 0.2) is 0 Å². The maximum absolute atomic E-state index is 11.5. The molecule has 0 fully saturated rings. The number of hydrogen-bond donors (Lipinski definition) is 2. The van der Waals surface area contributed by atoms with E-state index in [2.05, 4.69) is 5.32 Å². The molecule has 4 heteroatoms. The highest BCUT2D eigenvalue weighted by molar-refractivity contribution is 5.76. The van der Waals surface area contributed by atoms with Crippen molar-refractivity contribution in [3.05, 3.63) is 0 Å². The predicted octanol–water partition coefficient (Wildman–Crippen LogP) is 1.05. The van der Waals surface area contributed by atoms with E-state index in [1.165, 1.54) is 0 Å². The smallest absolute Gasteiger partial charge is 0.220 e. The van der Waals surface area contributed by atoms with Gasteiger partial charge < -0.3 is 15.8 Å². The molecule has 0 saturated carbocycles. The molecule has 0 aliphatic rings. The Labute approximate surface area is 92.6 Å². The molecule has 0 bridgehead atoms. The quantitative estimate of drug-likeness (QED) is 0.668. The molecular formula is C11H24N2O2. The van der Waals surface area contributed by atoms with Gasteiger partial charge in [-0.05, 0) is 26.7 Å². The summed E-state index contributed by atoms with van der Waals surface area (Å²) in [5, 5.41) is 2.92. The van der Waals surface area contributed by atoms with Crippen LogP contribution in [-0.4, -0.2) is 31.2 Å². The van der Waals surface area contributed by atoms with E-state index >= 15 is 0 Å². The van der Waals surface area contributed by atoms with Crippen LogP contribution in [0.3, 0.4) is 0 Å². The first kappa shape index (κ1) is 14.4. The van der Waals surface area contributed by atoms with Crippen molar-refractivity contribution >= 4 is 5.91 Å². The molecule has 1 atom stereocenters. The Bertz CT molecular complexity index is 188. The monoisotopic (exact) mass is 216 g/mol. The van der Waals surface area contributed by atoms with Crippen molar-refractivity contribution in [2.45, 2.75) is 51.6 Å². The first-order valence-electron chi connectivity index (χ1n) is 5.46. The van der Waals surface area contributed by atoms with Gasteiger partial charge in [0.25, 0.3) is 0 Å². The molecule has 4 nitrogen and oxygen atoms in total. The number of rotatable bonds is 7. The minimum atomic E-state index is -0.277. The second kappa shape index (κ2) is 6.80. The lowest BCUT2D eigenvalue weighted by molar-refractivity contribution is -0.122. The summed E-state index contributed by atoms with van der Waals surface area (Å²) in [5.41, 5.74) is 5.52. The molecule has 0 aromatic rings. The van der Waals surface area contributed by atoms with Gasteiger partial charge in [0.05, 0.1) is 12.6 Å². The van der Waals surface area contributed by atoms with Gasteiger partial charge in [-0.3, -0.25) is 4.79 Å². The third kappa shape index (κ3) is 8.39.